The molecular weight excluding hydrogens is 488 g/mol. The fraction of sp³-hybridized carbons (Fsp3) is 0.150. The molecule has 0 unspecified atom stereocenters. The van der Waals surface area contributed by atoms with Crippen LogP contribution in [0.25, 0.3) is 0 Å². The first-order chi connectivity index (χ1) is 14.2. The summed E-state index contributed by atoms with van der Waals surface area (Å²) in [6.45, 7) is 1.68. The van der Waals surface area contributed by atoms with Crippen LogP contribution >= 0.6 is 58.2 Å². The Labute approximate surface area is 197 Å². The van der Waals surface area contributed by atoms with Gasteiger partial charge in [-0.1, -0.05) is 64.2 Å². The fourth-order valence-electron chi connectivity index (χ4n) is 2.57. The van der Waals surface area contributed by atoms with Crippen molar-refractivity contribution in [1.29, 1.82) is 0 Å². The Morgan fingerprint density at radius 2 is 1.77 bits per heavy atom. The zero-order valence-corrected chi connectivity index (χ0v) is 19.4. The zero-order chi connectivity index (χ0) is 21.8. The van der Waals surface area contributed by atoms with Crippen LogP contribution in [-0.4, -0.2) is 21.6 Å². The monoisotopic (exact) mass is 501 g/mol. The van der Waals surface area contributed by atoms with Crippen molar-refractivity contribution in [2.75, 3.05) is 11.1 Å². The smallest absolute Gasteiger partial charge is 0.254 e. The number of hydrogen-bond acceptors (Lipinski definition) is 4. The van der Waals surface area contributed by atoms with E-state index in [9.17, 15) is 9.59 Å². The second-order valence-corrected chi connectivity index (χ2v) is 8.88. The summed E-state index contributed by atoms with van der Waals surface area (Å²) in [6, 6.07) is 10.0. The zero-order valence-electron chi connectivity index (χ0n) is 15.6. The minimum absolute atomic E-state index is 0.0402. The molecule has 3 aromatic rings. The van der Waals surface area contributed by atoms with Crippen molar-refractivity contribution in [3.05, 3.63) is 83.7 Å². The number of amides is 1. The quantitative estimate of drug-likeness (QED) is 0.319. The number of H-pyrrole nitrogens is 1. The molecule has 1 amide bonds. The number of nitrogens with zero attached hydrogens (tertiary/aromatic N) is 1. The molecule has 0 spiro atoms. The topological polar surface area (TPSA) is 74.8 Å². The lowest BCUT2D eigenvalue weighted by atomic mass is 10.1. The van der Waals surface area contributed by atoms with Crippen LogP contribution in [-0.2, 0) is 11.2 Å². The van der Waals surface area contributed by atoms with E-state index in [1.165, 1.54) is 0 Å². The van der Waals surface area contributed by atoms with Gasteiger partial charge in [-0.3, -0.25) is 9.59 Å². The molecule has 1 heterocycles. The lowest BCUT2D eigenvalue weighted by Crippen LogP contribution is -2.18. The maximum atomic E-state index is 12.3. The van der Waals surface area contributed by atoms with Crippen molar-refractivity contribution in [2.45, 2.75) is 18.5 Å². The fourth-order valence-corrected chi connectivity index (χ4v) is 4.08. The van der Waals surface area contributed by atoms with Crippen molar-refractivity contribution >= 4 is 69.8 Å². The van der Waals surface area contributed by atoms with E-state index < -0.39 is 0 Å². The highest BCUT2D eigenvalue weighted by Gasteiger charge is 2.14. The van der Waals surface area contributed by atoms with Gasteiger partial charge in [-0.25, -0.2) is 4.98 Å². The number of carbonyl (C=O) groups excluding carboxylic acids is 1. The van der Waals surface area contributed by atoms with E-state index in [1.807, 2.05) is 0 Å². The number of benzene rings is 2. The molecule has 5 nitrogen and oxygen atoms in total. The molecule has 0 bridgehead atoms. The third-order valence-electron chi connectivity index (χ3n) is 4.18. The van der Waals surface area contributed by atoms with E-state index in [4.69, 9.17) is 46.4 Å². The van der Waals surface area contributed by atoms with Gasteiger partial charge in [-0.2, -0.15) is 0 Å². The van der Waals surface area contributed by atoms with E-state index >= 15 is 0 Å². The van der Waals surface area contributed by atoms with Crippen LogP contribution in [0.15, 0.2) is 46.3 Å². The molecule has 0 fully saturated rings. The second-order valence-electron chi connectivity index (χ2n) is 6.29. The molecule has 156 valence electrons. The molecule has 0 saturated heterocycles. The molecule has 0 aliphatic carbocycles. The largest absolute Gasteiger partial charge is 0.325 e. The molecule has 30 heavy (non-hydrogen) atoms. The van der Waals surface area contributed by atoms with Crippen LogP contribution in [0.5, 0.6) is 0 Å². The number of rotatable bonds is 6. The number of aromatic nitrogens is 2. The summed E-state index contributed by atoms with van der Waals surface area (Å²) < 4.78 is 0. The van der Waals surface area contributed by atoms with Gasteiger partial charge in [-0.15, -0.1) is 0 Å². The van der Waals surface area contributed by atoms with Crippen molar-refractivity contribution in [3.8, 4) is 0 Å². The lowest BCUT2D eigenvalue weighted by molar-refractivity contribution is -0.113. The summed E-state index contributed by atoms with van der Waals surface area (Å²) in [5.74, 6) is -0.240. The first kappa shape index (κ1) is 23.0. The highest BCUT2D eigenvalue weighted by atomic mass is 35.5. The number of hydrogen-bond donors (Lipinski definition) is 2. The van der Waals surface area contributed by atoms with Gasteiger partial charge in [0.2, 0.25) is 5.91 Å². The SMILES string of the molecule is Cc1c(Cc2c(Cl)cccc2Cl)nc(SCC(=O)Nc2ccc(Cl)c(Cl)c2)[nH]c1=O. The molecule has 0 saturated carbocycles. The van der Waals surface area contributed by atoms with Gasteiger partial charge >= 0.3 is 0 Å². The lowest BCUT2D eigenvalue weighted by Gasteiger charge is -2.10. The molecule has 2 aromatic carbocycles. The summed E-state index contributed by atoms with van der Waals surface area (Å²) in [7, 11) is 0. The highest BCUT2D eigenvalue weighted by Crippen LogP contribution is 2.28. The summed E-state index contributed by atoms with van der Waals surface area (Å²) in [6.07, 6.45) is 0.303. The average molecular weight is 503 g/mol. The standard InChI is InChI=1S/C20H15Cl4N3O2S/c1-10-17(8-12-13(21)3-2-4-14(12)22)26-20(27-19(10)29)30-9-18(28)25-11-5-6-15(23)16(24)7-11/h2-7H,8-9H2,1H3,(H,25,28)(H,26,27,29). The Kier molecular flexibility index (Phi) is 7.71. The molecular formula is C20H15Cl4N3O2S. The molecule has 0 aliphatic rings. The van der Waals surface area contributed by atoms with Gasteiger partial charge in [0.15, 0.2) is 5.16 Å². The van der Waals surface area contributed by atoms with Gasteiger partial charge in [0.05, 0.1) is 21.5 Å². The Bertz CT molecular complexity index is 1150. The van der Waals surface area contributed by atoms with Crippen LogP contribution < -0.4 is 10.9 Å². The van der Waals surface area contributed by atoms with Gasteiger partial charge < -0.3 is 10.3 Å². The molecule has 2 N–H and O–H groups in total. The van der Waals surface area contributed by atoms with E-state index in [2.05, 4.69) is 15.3 Å². The van der Waals surface area contributed by atoms with Gasteiger partial charge in [0.1, 0.15) is 0 Å². The molecule has 10 heteroatoms. The molecule has 0 radical (unpaired) electrons. The maximum absolute atomic E-state index is 12.3. The Morgan fingerprint density at radius 1 is 1.07 bits per heavy atom. The first-order valence-corrected chi connectivity index (χ1v) is 11.1. The van der Waals surface area contributed by atoms with E-state index in [1.54, 1.807) is 43.3 Å². The van der Waals surface area contributed by atoms with Crippen LogP contribution in [0.1, 0.15) is 16.8 Å². The minimum Gasteiger partial charge on any atom is -0.325 e. The summed E-state index contributed by atoms with van der Waals surface area (Å²) in [5.41, 5.74) is 1.94. The number of anilines is 1. The van der Waals surface area contributed by atoms with Crippen molar-refractivity contribution in [3.63, 3.8) is 0 Å². The van der Waals surface area contributed by atoms with E-state index in [0.29, 0.717) is 54.2 Å². The maximum Gasteiger partial charge on any atom is 0.254 e. The second kappa shape index (κ2) is 10.1. The molecule has 0 aliphatic heterocycles. The normalized spacial score (nSPS) is 10.8. The minimum atomic E-state index is -0.282. The van der Waals surface area contributed by atoms with Crippen LogP contribution in [0.2, 0.25) is 20.1 Å². The molecule has 3 rings (SSSR count). The average Bonchev–Trinajstić information content (AvgIpc) is 2.69. The van der Waals surface area contributed by atoms with Crippen molar-refractivity contribution < 1.29 is 4.79 Å². The molecule has 0 atom stereocenters. The Hall–Kier alpha value is -1.70. The Balaban J connectivity index is 1.73. The summed E-state index contributed by atoms with van der Waals surface area (Å²) >= 11 is 25.4. The number of aromatic amines is 1. The predicted molar refractivity (Wildman–Crippen MR) is 125 cm³/mol. The first-order valence-electron chi connectivity index (χ1n) is 8.65. The van der Waals surface area contributed by atoms with Gasteiger partial charge in [-0.05, 0) is 42.8 Å². The van der Waals surface area contributed by atoms with Crippen molar-refractivity contribution in [2.24, 2.45) is 0 Å². The number of halogens is 4. The highest BCUT2D eigenvalue weighted by molar-refractivity contribution is 7.99. The van der Waals surface area contributed by atoms with E-state index in [0.717, 1.165) is 11.8 Å². The van der Waals surface area contributed by atoms with Crippen LogP contribution in [0.3, 0.4) is 0 Å². The molecule has 1 aromatic heterocycles. The predicted octanol–water partition coefficient (Wildman–Crippen LogP) is 6.01. The third kappa shape index (κ3) is 5.71. The number of thioether (sulfide) groups is 1. The number of carbonyl (C=O) groups is 1. The van der Waals surface area contributed by atoms with Gasteiger partial charge in [0, 0.05) is 27.7 Å². The summed E-state index contributed by atoms with van der Waals surface area (Å²) in [5, 5.41) is 4.79. The Morgan fingerprint density at radius 3 is 2.43 bits per heavy atom. The van der Waals surface area contributed by atoms with E-state index in [-0.39, 0.29) is 17.2 Å². The van der Waals surface area contributed by atoms with Crippen molar-refractivity contribution in [1.82, 2.24) is 9.97 Å². The summed E-state index contributed by atoms with van der Waals surface area (Å²) in [4.78, 5) is 31.7. The number of nitrogens with one attached hydrogen (secondary N) is 2. The van der Waals surface area contributed by atoms with Crippen LogP contribution in [0.4, 0.5) is 5.69 Å². The van der Waals surface area contributed by atoms with Crippen LogP contribution in [0, 0.1) is 6.92 Å². The third-order valence-corrected chi connectivity index (χ3v) is 6.50. The van der Waals surface area contributed by atoms with Gasteiger partial charge in [0.25, 0.3) is 5.56 Å².